The van der Waals surface area contributed by atoms with Gasteiger partial charge in [-0.2, -0.15) is 0 Å². The summed E-state index contributed by atoms with van der Waals surface area (Å²) >= 11 is 0. The number of carbonyl (C=O) groups is 5. The van der Waals surface area contributed by atoms with Crippen molar-refractivity contribution in [2.75, 3.05) is 34.0 Å². The van der Waals surface area contributed by atoms with Gasteiger partial charge in [-0.3, -0.25) is 29.1 Å². The Morgan fingerprint density at radius 1 is 0.878 bits per heavy atom. The van der Waals surface area contributed by atoms with Gasteiger partial charge >= 0.3 is 5.97 Å². The molecule has 1 aliphatic carbocycles. The molecule has 3 aliphatic heterocycles. The topological polar surface area (TPSA) is 230 Å². The third kappa shape index (κ3) is 16.6. The molecule has 1 amide bonds. The first-order chi connectivity index (χ1) is 35.3. The quantitative estimate of drug-likeness (QED) is 0.121. The molecule has 1 saturated carbocycles. The van der Waals surface area contributed by atoms with E-state index in [2.05, 4.69) is 9.97 Å². The standard InChI is InChI=1S/C57H85N3O14/c1-35-15-11-10-12-16-36(2)48(72-34-43-33-58-22-23-59-43)31-44-20-18-41(7)57(68,74-44)54(65)55(66)60-24-14-13-17-45(60)56(67)73-49(38(4)29-42-19-21-47(71-26-25-61)50(30-42)69-8)32-46(62)37(3)28-40(6)52(64)53(70-9)51(63)39(5)27-35/h10-12,15-16,22-23,28,33,35,37-39,41-42,44-45,47-50,52-53,61,64,68H,13-14,17-21,24-27,29-32,34H2,1-9H3/b12-10+,15-11+,36-16+,40-28+/t35-,37-,38-,39-,41-,42+,44+,45+,47-,48?,49+,50-,52-,53+,57-/m1/s1. The summed E-state index contributed by atoms with van der Waals surface area (Å²) in [5.74, 6) is -8.24. The van der Waals surface area contributed by atoms with E-state index in [-0.39, 0.29) is 87.2 Å². The Hall–Kier alpha value is -4.33. The molecule has 2 bridgehead atoms. The highest BCUT2D eigenvalue weighted by Gasteiger charge is 2.53. The molecule has 412 valence electrons. The van der Waals surface area contributed by atoms with Crippen molar-refractivity contribution in [2.45, 2.75) is 187 Å². The number of hydrogen-bond acceptors (Lipinski definition) is 16. The van der Waals surface area contributed by atoms with Crippen LogP contribution in [-0.4, -0.2) is 148 Å². The van der Waals surface area contributed by atoms with Crippen LogP contribution in [0.2, 0.25) is 0 Å². The van der Waals surface area contributed by atoms with Gasteiger partial charge < -0.3 is 48.6 Å². The molecular weight excluding hydrogens is 951 g/mol. The Morgan fingerprint density at radius 3 is 2.35 bits per heavy atom. The largest absolute Gasteiger partial charge is 0.460 e. The average Bonchev–Trinajstić information content (AvgIpc) is 3.39. The van der Waals surface area contributed by atoms with Crippen LogP contribution in [0.15, 0.2) is 66.2 Å². The molecule has 4 heterocycles. The van der Waals surface area contributed by atoms with Gasteiger partial charge in [-0.15, -0.1) is 0 Å². The van der Waals surface area contributed by atoms with Crippen LogP contribution >= 0.6 is 0 Å². The normalized spacial score (nSPS) is 36.9. The molecule has 1 aromatic heterocycles. The van der Waals surface area contributed by atoms with Gasteiger partial charge in [-0.1, -0.05) is 71.1 Å². The van der Waals surface area contributed by atoms with Gasteiger partial charge in [0.15, 0.2) is 5.78 Å². The number of esters is 1. The molecule has 3 N–H and O–H groups in total. The third-order valence-electron chi connectivity index (χ3n) is 15.6. The second kappa shape index (κ2) is 29.3. The summed E-state index contributed by atoms with van der Waals surface area (Å²) in [5, 5.41) is 33.1. The summed E-state index contributed by atoms with van der Waals surface area (Å²) < 4.78 is 36.3. The molecular formula is C57H85N3O14. The van der Waals surface area contributed by atoms with E-state index in [0.717, 1.165) is 12.0 Å². The van der Waals surface area contributed by atoms with Crippen molar-refractivity contribution in [3.63, 3.8) is 0 Å². The maximum atomic E-state index is 14.6. The van der Waals surface area contributed by atoms with E-state index in [9.17, 15) is 39.3 Å². The van der Waals surface area contributed by atoms with E-state index in [0.29, 0.717) is 62.6 Å². The number of carbonyl (C=O) groups excluding carboxylic acids is 5. The zero-order valence-electron chi connectivity index (χ0n) is 45.3. The molecule has 0 aromatic carbocycles. The van der Waals surface area contributed by atoms with E-state index in [1.165, 1.54) is 12.0 Å². The fourth-order valence-corrected chi connectivity index (χ4v) is 11.0. The first-order valence-electron chi connectivity index (χ1n) is 26.9. The van der Waals surface area contributed by atoms with Crippen molar-refractivity contribution in [3.8, 4) is 0 Å². The second-order valence-electron chi connectivity index (χ2n) is 21.4. The predicted octanol–water partition coefficient (Wildman–Crippen LogP) is 6.56. The highest BCUT2D eigenvalue weighted by atomic mass is 16.6. The molecule has 4 aliphatic rings. The molecule has 2 saturated heterocycles. The number of aliphatic hydroxyl groups excluding tert-OH is 2. The van der Waals surface area contributed by atoms with Gasteiger partial charge in [0.2, 0.25) is 5.79 Å². The maximum absolute atomic E-state index is 14.6. The monoisotopic (exact) mass is 1040 g/mol. The summed E-state index contributed by atoms with van der Waals surface area (Å²) in [4.78, 5) is 81.3. The number of nitrogens with zero attached hydrogens (tertiary/aromatic N) is 3. The number of Topliss-reactive ketones (excluding diaryl/α,β-unsaturated/α-hetero) is 3. The lowest BCUT2D eigenvalue weighted by molar-refractivity contribution is -0.266. The van der Waals surface area contributed by atoms with Gasteiger partial charge in [0.25, 0.3) is 11.7 Å². The summed E-state index contributed by atoms with van der Waals surface area (Å²) in [6, 6.07) is -1.17. The number of allylic oxidation sites excluding steroid dienone is 6. The van der Waals surface area contributed by atoms with Crippen molar-refractivity contribution >= 4 is 29.2 Å². The third-order valence-corrected chi connectivity index (χ3v) is 15.6. The zero-order chi connectivity index (χ0) is 54.1. The van der Waals surface area contributed by atoms with Crippen LogP contribution in [0.3, 0.4) is 0 Å². The van der Waals surface area contributed by atoms with Crippen LogP contribution in [0.1, 0.15) is 131 Å². The number of ether oxygens (including phenoxy) is 6. The second-order valence-corrected chi connectivity index (χ2v) is 21.4. The number of ketones is 3. The Balaban J connectivity index is 1.48. The molecule has 1 aromatic rings. The van der Waals surface area contributed by atoms with Gasteiger partial charge in [0.05, 0.1) is 56.1 Å². The van der Waals surface area contributed by atoms with Crippen LogP contribution < -0.4 is 0 Å². The van der Waals surface area contributed by atoms with Gasteiger partial charge in [-0.25, -0.2) is 4.79 Å². The predicted molar refractivity (Wildman–Crippen MR) is 276 cm³/mol. The molecule has 17 heteroatoms. The lowest BCUT2D eigenvalue weighted by Crippen LogP contribution is -2.61. The first kappa shape index (κ1) is 60.5. The van der Waals surface area contributed by atoms with Crippen LogP contribution in [0.25, 0.3) is 0 Å². The number of piperidine rings is 1. The van der Waals surface area contributed by atoms with E-state index in [1.54, 1.807) is 52.5 Å². The minimum atomic E-state index is -2.49. The first-order valence-corrected chi connectivity index (χ1v) is 26.9. The van der Waals surface area contributed by atoms with Crippen molar-refractivity contribution in [1.82, 2.24) is 14.9 Å². The number of amides is 1. The Kier molecular flexibility index (Phi) is 23.9. The molecule has 5 rings (SSSR count). The van der Waals surface area contributed by atoms with Gasteiger partial charge in [-0.05, 0) is 107 Å². The number of hydrogen-bond donors (Lipinski definition) is 3. The lowest BCUT2D eigenvalue weighted by Gasteiger charge is -2.43. The van der Waals surface area contributed by atoms with E-state index in [1.807, 2.05) is 58.1 Å². The van der Waals surface area contributed by atoms with Crippen LogP contribution in [0.4, 0.5) is 0 Å². The van der Waals surface area contributed by atoms with Crippen LogP contribution in [0.5, 0.6) is 0 Å². The Bertz CT molecular complexity index is 2130. The molecule has 74 heavy (non-hydrogen) atoms. The number of methoxy groups -OCH3 is 2. The van der Waals surface area contributed by atoms with Crippen molar-refractivity contribution in [2.24, 2.45) is 35.5 Å². The minimum absolute atomic E-state index is 0.0154. The fourth-order valence-electron chi connectivity index (χ4n) is 11.0. The molecule has 0 spiro atoms. The summed E-state index contributed by atoms with van der Waals surface area (Å²) in [7, 11) is 3.00. The highest BCUT2D eigenvalue weighted by molar-refractivity contribution is 6.39. The van der Waals surface area contributed by atoms with Crippen molar-refractivity contribution in [3.05, 3.63) is 71.9 Å². The zero-order valence-corrected chi connectivity index (χ0v) is 45.3. The van der Waals surface area contributed by atoms with Crippen molar-refractivity contribution < 1.29 is 67.7 Å². The van der Waals surface area contributed by atoms with Gasteiger partial charge in [0.1, 0.15) is 30.1 Å². The van der Waals surface area contributed by atoms with Crippen molar-refractivity contribution in [1.29, 1.82) is 0 Å². The summed E-state index contributed by atoms with van der Waals surface area (Å²) in [6.45, 7) is 12.9. The SMILES string of the molecule is CO[C@@H]1C[C@H](C[C@@H](C)[C@@H]2CC(=O)[C@H](C)/C=C(\C)[C@@H](O)[C@@H](OC)C(=O)[C@H](C)C[C@H](C)/C=C/C=C/C=C(\C)C(OCc3cnccn3)C[C@@H]3CC[C@@H](C)[C@@](O)(O3)C(=O)C(=O)N3CCCC[C@H]3C(=O)O2)CC[C@H]1OCCO. The van der Waals surface area contributed by atoms with Crippen LogP contribution in [-0.2, 0) is 59.0 Å². The highest BCUT2D eigenvalue weighted by Crippen LogP contribution is 2.38. The van der Waals surface area contributed by atoms with E-state index < -0.39 is 77.8 Å². The van der Waals surface area contributed by atoms with E-state index >= 15 is 0 Å². The number of rotatable bonds is 11. The summed E-state index contributed by atoms with van der Waals surface area (Å²) in [6.07, 6.45) is 16.1. The number of cyclic esters (lactones) is 1. The Labute approximate surface area is 438 Å². The average molecular weight is 1040 g/mol. The fraction of sp³-hybridized carbons (Fsp3) is 0.702. The van der Waals surface area contributed by atoms with Gasteiger partial charge in [0, 0.05) is 63.8 Å². The minimum Gasteiger partial charge on any atom is -0.460 e. The molecule has 1 unspecified atom stereocenters. The number of fused-ring (bicyclic) bond motifs is 3. The van der Waals surface area contributed by atoms with Crippen LogP contribution in [0, 0.1) is 35.5 Å². The summed E-state index contributed by atoms with van der Waals surface area (Å²) in [5.41, 5.74) is 1.81. The molecule has 15 atom stereocenters. The van der Waals surface area contributed by atoms with E-state index in [4.69, 9.17) is 28.4 Å². The smallest absolute Gasteiger partial charge is 0.329 e. The number of aliphatic hydroxyl groups is 3. The molecule has 17 nitrogen and oxygen atoms in total. The molecule has 3 fully saturated rings. The maximum Gasteiger partial charge on any atom is 0.329 e. The Morgan fingerprint density at radius 2 is 1.65 bits per heavy atom. The number of aromatic nitrogens is 2. The lowest BCUT2D eigenvalue weighted by atomic mass is 9.78. The molecule has 0 radical (unpaired) electrons.